The summed E-state index contributed by atoms with van der Waals surface area (Å²) in [6, 6.07) is 9.95. The summed E-state index contributed by atoms with van der Waals surface area (Å²) < 4.78 is 0. The molecule has 0 aliphatic carbocycles. The van der Waals surface area contributed by atoms with Crippen molar-refractivity contribution >= 4 is 5.91 Å². The maximum absolute atomic E-state index is 12.3. The quantitative estimate of drug-likeness (QED) is 0.465. The van der Waals surface area contributed by atoms with E-state index < -0.39 is 5.91 Å². The van der Waals surface area contributed by atoms with Crippen LogP contribution in [0.5, 0.6) is 0 Å². The molecule has 1 amide bonds. The maximum atomic E-state index is 12.3. The summed E-state index contributed by atoms with van der Waals surface area (Å²) in [7, 11) is 0. The monoisotopic (exact) mass is 331 g/mol. The molecule has 1 aromatic rings. The third-order valence-electron chi connectivity index (χ3n) is 3.74. The van der Waals surface area contributed by atoms with Gasteiger partial charge in [0.15, 0.2) is 0 Å². The van der Waals surface area contributed by atoms with E-state index in [1.54, 1.807) is 0 Å². The average Bonchev–Trinajstić information content (AvgIpc) is 2.61. The lowest BCUT2D eigenvalue weighted by molar-refractivity contribution is -0.127. The maximum Gasteiger partial charge on any atom is 0.266 e. The van der Waals surface area contributed by atoms with Gasteiger partial charge in [-0.15, -0.1) is 0 Å². The number of aliphatic hydroxyl groups excluding tert-OH is 2. The Labute approximate surface area is 143 Å². The van der Waals surface area contributed by atoms with Crippen LogP contribution >= 0.6 is 0 Å². The molecule has 0 saturated carbocycles. The van der Waals surface area contributed by atoms with Crippen molar-refractivity contribution in [3.05, 3.63) is 47.2 Å². The lowest BCUT2D eigenvalue weighted by Crippen LogP contribution is -2.37. The third kappa shape index (κ3) is 5.69. The minimum Gasteiger partial charge on any atom is -0.395 e. The molecule has 1 rings (SSSR count). The molecule has 24 heavy (non-hydrogen) atoms. The van der Waals surface area contributed by atoms with Gasteiger partial charge < -0.3 is 20.4 Å². The fourth-order valence-electron chi connectivity index (χ4n) is 2.22. The number of benzene rings is 1. The minimum atomic E-state index is -0.512. The number of hydrogen-bond acceptors (Lipinski definition) is 5. The van der Waals surface area contributed by atoms with Crippen LogP contribution in [0, 0.1) is 11.3 Å². The van der Waals surface area contributed by atoms with Crippen LogP contribution in [0.15, 0.2) is 36.0 Å². The van der Waals surface area contributed by atoms with E-state index in [-0.39, 0.29) is 37.9 Å². The van der Waals surface area contributed by atoms with Gasteiger partial charge in [0.05, 0.1) is 13.2 Å². The van der Waals surface area contributed by atoms with Gasteiger partial charge in [-0.05, 0) is 24.5 Å². The van der Waals surface area contributed by atoms with Crippen molar-refractivity contribution in [3.63, 3.8) is 0 Å². The van der Waals surface area contributed by atoms with Crippen molar-refractivity contribution in [2.24, 2.45) is 0 Å². The van der Waals surface area contributed by atoms with E-state index in [2.05, 4.69) is 24.4 Å². The topological polar surface area (TPSA) is 96.6 Å². The molecular formula is C18H25N3O3. The Morgan fingerprint density at radius 1 is 1.29 bits per heavy atom. The minimum absolute atomic E-state index is 0.0591. The first-order chi connectivity index (χ1) is 11.6. The highest BCUT2D eigenvalue weighted by Gasteiger charge is 2.17. The molecule has 0 bridgehead atoms. The van der Waals surface area contributed by atoms with E-state index in [1.807, 2.05) is 25.1 Å². The summed E-state index contributed by atoms with van der Waals surface area (Å²) in [6.45, 7) is 3.74. The lowest BCUT2D eigenvalue weighted by Gasteiger charge is -2.20. The molecule has 0 fully saturated rings. The van der Waals surface area contributed by atoms with E-state index in [0.717, 1.165) is 12.0 Å². The summed E-state index contributed by atoms with van der Waals surface area (Å²) >= 11 is 0. The standard InChI is InChI=1S/C18H25N3O3/c1-3-15-4-6-16(7-5-15)14(2)20-13-17(12-19)18(24)21(8-10-22)9-11-23/h4-7,13-14,20,22-23H,3,8-11H2,1-2H3/b17-13-. The lowest BCUT2D eigenvalue weighted by atomic mass is 10.1. The van der Waals surface area contributed by atoms with Crippen molar-refractivity contribution in [2.75, 3.05) is 26.3 Å². The van der Waals surface area contributed by atoms with Gasteiger partial charge in [-0.25, -0.2) is 0 Å². The molecule has 1 unspecified atom stereocenters. The summed E-state index contributed by atoms with van der Waals surface area (Å²) in [5.41, 5.74) is 2.24. The first kappa shape index (κ1) is 19.7. The number of carbonyl (C=O) groups is 1. The number of carbonyl (C=O) groups excluding carboxylic acids is 1. The Morgan fingerprint density at radius 3 is 2.33 bits per heavy atom. The van der Waals surface area contributed by atoms with Crippen LogP contribution in [0.4, 0.5) is 0 Å². The molecule has 130 valence electrons. The number of aliphatic hydroxyl groups is 2. The van der Waals surface area contributed by atoms with Gasteiger partial charge in [-0.2, -0.15) is 5.26 Å². The van der Waals surface area contributed by atoms with Crippen molar-refractivity contribution in [1.82, 2.24) is 10.2 Å². The molecule has 0 saturated heterocycles. The summed E-state index contributed by atoms with van der Waals surface area (Å²) in [6.07, 6.45) is 2.36. The number of nitrogens with zero attached hydrogens (tertiary/aromatic N) is 2. The van der Waals surface area contributed by atoms with Gasteiger partial charge in [-0.3, -0.25) is 4.79 Å². The molecular weight excluding hydrogens is 306 g/mol. The molecule has 0 radical (unpaired) electrons. The number of nitriles is 1. The second-order valence-corrected chi connectivity index (χ2v) is 5.39. The average molecular weight is 331 g/mol. The van der Waals surface area contributed by atoms with E-state index in [9.17, 15) is 10.1 Å². The molecule has 0 aliphatic rings. The van der Waals surface area contributed by atoms with Crippen LogP contribution in [0.25, 0.3) is 0 Å². The predicted octanol–water partition coefficient (Wildman–Crippen LogP) is 1.12. The van der Waals surface area contributed by atoms with Crippen LogP contribution in [0.3, 0.4) is 0 Å². The van der Waals surface area contributed by atoms with Gasteiger partial charge in [0.25, 0.3) is 5.91 Å². The highest BCUT2D eigenvalue weighted by Crippen LogP contribution is 2.14. The van der Waals surface area contributed by atoms with Gasteiger partial charge in [0.1, 0.15) is 11.6 Å². The van der Waals surface area contributed by atoms with Crippen LogP contribution in [-0.4, -0.2) is 47.3 Å². The van der Waals surface area contributed by atoms with Crippen LogP contribution in [-0.2, 0) is 11.2 Å². The normalized spacial score (nSPS) is 12.4. The van der Waals surface area contributed by atoms with Gasteiger partial charge in [0.2, 0.25) is 0 Å². The second kappa shape index (κ2) is 10.4. The Bertz CT molecular complexity index is 585. The molecule has 0 aromatic heterocycles. The number of aryl methyl sites for hydroxylation is 1. The Balaban J connectivity index is 2.79. The summed E-state index contributed by atoms with van der Waals surface area (Å²) in [4.78, 5) is 13.5. The zero-order chi connectivity index (χ0) is 17.9. The van der Waals surface area contributed by atoms with Crippen LogP contribution < -0.4 is 5.32 Å². The molecule has 1 aromatic carbocycles. The third-order valence-corrected chi connectivity index (χ3v) is 3.74. The predicted molar refractivity (Wildman–Crippen MR) is 91.8 cm³/mol. The SMILES string of the molecule is CCc1ccc(C(C)N/C=C(/C#N)C(=O)N(CCO)CCO)cc1. The number of hydrogen-bond donors (Lipinski definition) is 3. The van der Waals surface area contributed by atoms with E-state index >= 15 is 0 Å². The molecule has 6 heteroatoms. The fraction of sp³-hybridized carbons (Fsp3) is 0.444. The first-order valence-corrected chi connectivity index (χ1v) is 8.03. The van der Waals surface area contributed by atoms with Crippen molar-refractivity contribution in [2.45, 2.75) is 26.3 Å². The highest BCUT2D eigenvalue weighted by molar-refractivity contribution is 5.97. The molecule has 6 nitrogen and oxygen atoms in total. The van der Waals surface area contributed by atoms with Crippen LogP contribution in [0.2, 0.25) is 0 Å². The van der Waals surface area contributed by atoms with Gasteiger partial charge >= 0.3 is 0 Å². The zero-order valence-electron chi connectivity index (χ0n) is 14.2. The summed E-state index contributed by atoms with van der Waals surface area (Å²) in [5, 5.41) is 30.2. The Kier molecular flexibility index (Phi) is 8.55. The molecule has 0 heterocycles. The Morgan fingerprint density at radius 2 is 1.88 bits per heavy atom. The second-order valence-electron chi connectivity index (χ2n) is 5.39. The molecule has 0 spiro atoms. The largest absolute Gasteiger partial charge is 0.395 e. The van der Waals surface area contributed by atoms with Crippen molar-refractivity contribution < 1.29 is 15.0 Å². The van der Waals surface area contributed by atoms with Gasteiger partial charge in [-0.1, -0.05) is 31.2 Å². The van der Waals surface area contributed by atoms with Gasteiger partial charge in [0, 0.05) is 25.3 Å². The van der Waals surface area contributed by atoms with E-state index in [4.69, 9.17) is 10.2 Å². The number of rotatable bonds is 9. The first-order valence-electron chi connectivity index (χ1n) is 8.03. The summed E-state index contributed by atoms with van der Waals surface area (Å²) in [5.74, 6) is -0.512. The van der Waals surface area contributed by atoms with E-state index in [0.29, 0.717) is 0 Å². The smallest absolute Gasteiger partial charge is 0.266 e. The highest BCUT2D eigenvalue weighted by atomic mass is 16.3. The zero-order valence-corrected chi connectivity index (χ0v) is 14.2. The van der Waals surface area contributed by atoms with Crippen molar-refractivity contribution in [1.29, 1.82) is 5.26 Å². The Hall–Kier alpha value is -2.36. The number of amides is 1. The fourth-order valence-corrected chi connectivity index (χ4v) is 2.22. The van der Waals surface area contributed by atoms with Crippen LogP contribution in [0.1, 0.15) is 31.0 Å². The number of nitrogens with one attached hydrogen (secondary N) is 1. The van der Waals surface area contributed by atoms with Crippen molar-refractivity contribution in [3.8, 4) is 6.07 Å². The molecule has 0 aliphatic heterocycles. The van der Waals surface area contributed by atoms with E-state index in [1.165, 1.54) is 16.7 Å². The molecule has 3 N–H and O–H groups in total. The molecule has 1 atom stereocenters.